The van der Waals surface area contributed by atoms with Crippen molar-refractivity contribution < 1.29 is 14.3 Å². The van der Waals surface area contributed by atoms with Crippen LogP contribution in [0.2, 0.25) is 0 Å². The van der Waals surface area contributed by atoms with Gasteiger partial charge in [-0.25, -0.2) is 4.79 Å². The first kappa shape index (κ1) is 19.4. The van der Waals surface area contributed by atoms with E-state index in [1.165, 1.54) is 11.0 Å². The molecule has 0 aliphatic carbocycles. The molecule has 0 radical (unpaired) electrons. The predicted octanol–water partition coefficient (Wildman–Crippen LogP) is 5.28. The molecule has 0 N–H and O–H groups in total. The smallest absolute Gasteiger partial charge is 0.330 e. The van der Waals surface area contributed by atoms with Crippen LogP contribution >= 0.6 is 11.8 Å². The first-order valence-electron chi connectivity index (χ1n) is 8.42. The number of allylic oxidation sites excluding steroid dienone is 5. The van der Waals surface area contributed by atoms with Crippen molar-refractivity contribution in [3.8, 4) is 5.75 Å². The summed E-state index contributed by atoms with van der Waals surface area (Å²) < 4.78 is 10.4. The second kappa shape index (κ2) is 8.43. The van der Waals surface area contributed by atoms with Gasteiger partial charge in [0.2, 0.25) is 0 Å². The maximum absolute atomic E-state index is 11.6. The van der Waals surface area contributed by atoms with Gasteiger partial charge in [0.1, 0.15) is 5.75 Å². The number of carbonyl (C=O) groups excluding carboxylic acids is 1. The largest absolute Gasteiger partial charge is 0.497 e. The number of ether oxygens (including phenoxy) is 2. The molecule has 25 heavy (non-hydrogen) atoms. The maximum Gasteiger partial charge on any atom is 0.330 e. The van der Waals surface area contributed by atoms with Crippen LogP contribution in [-0.4, -0.2) is 25.4 Å². The minimum absolute atomic E-state index is 0.0787. The summed E-state index contributed by atoms with van der Waals surface area (Å²) in [4.78, 5) is 12.8. The van der Waals surface area contributed by atoms with E-state index >= 15 is 0 Å². The minimum atomic E-state index is -0.308. The van der Waals surface area contributed by atoms with Crippen molar-refractivity contribution in [1.29, 1.82) is 0 Å². The Morgan fingerprint density at radius 2 is 2.12 bits per heavy atom. The Hall–Kier alpha value is -1.94. The second-order valence-corrected chi connectivity index (χ2v) is 7.73. The van der Waals surface area contributed by atoms with Gasteiger partial charge in [0.05, 0.1) is 13.7 Å². The van der Waals surface area contributed by atoms with Crippen molar-refractivity contribution in [1.82, 2.24) is 0 Å². The fraction of sp³-hybridized carbons (Fsp3) is 0.381. The molecule has 0 atom stereocenters. The number of benzene rings is 1. The zero-order valence-corrected chi connectivity index (χ0v) is 16.4. The van der Waals surface area contributed by atoms with Crippen molar-refractivity contribution in [2.24, 2.45) is 5.41 Å². The van der Waals surface area contributed by atoms with Gasteiger partial charge in [-0.2, -0.15) is 0 Å². The molecular weight excluding hydrogens is 332 g/mol. The Kier molecular flexibility index (Phi) is 6.54. The molecule has 1 aromatic rings. The third-order valence-electron chi connectivity index (χ3n) is 3.80. The molecule has 1 aliphatic rings. The molecule has 0 fully saturated rings. The first-order chi connectivity index (χ1) is 11.8. The van der Waals surface area contributed by atoms with Crippen molar-refractivity contribution >= 4 is 23.3 Å². The van der Waals surface area contributed by atoms with E-state index in [1.54, 1.807) is 14.0 Å². The van der Waals surface area contributed by atoms with Crippen LogP contribution in [0.5, 0.6) is 5.75 Å². The van der Waals surface area contributed by atoms with Gasteiger partial charge in [0.25, 0.3) is 0 Å². The van der Waals surface area contributed by atoms with E-state index in [-0.39, 0.29) is 11.4 Å². The van der Waals surface area contributed by atoms with Crippen LogP contribution in [0.3, 0.4) is 0 Å². The normalized spacial score (nSPS) is 16.8. The zero-order chi connectivity index (χ0) is 18.4. The fourth-order valence-corrected chi connectivity index (χ4v) is 3.68. The highest BCUT2D eigenvalue weighted by Gasteiger charge is 2.22. The highest BCUT2D eigenvalue weighted by Crippen LogP contribution is 2.41. The molecule has 0 bridgehead atoms. The molecule has 1 aromatic carbocycles. The van der Waals surface area contributed by atoms with Crippen LogP contribution in [0.15, 0.2) is 53.0 Å². The number of esters is 1. The summed E-state index contributed by atoms with van der Waals surface area (Å²) >= 11 is 1.86. The summed E-state index contributed by atoms with van der Waals surface area (Å²) in [5, 5.41) is 0. The molecule has 0 unspecified atom stereocenters. The van der Waals surface area contributed by atoms with Crippen molar-refractivity contribution in [3.63, 3.8) is 0 Å². The highest BCUT2D eigenvalue weighted by molar-refractivity contribution is 7.99. The quantitative estimate of drug-likeness (QED) is 0.408. The van der Waals surface area contributed by atoms with E-state index in [9.17, 15) is 4.79 Å². The number of fused-ring (bicyclic) bond motifs is 1. The number of carbonyl (C=O) groups is 1. The molecule has 4 heteroatoms. The van der Waals surface area contributed by atoms with E-state index in [0.29, 0.717) is 6.61 Å². The number of rotatable bonds is 5. The molecular formula is C21H26O3S. The average Bonchev–Trinajstić information content (AvgIpc) is 2.69. The molecule has 134 valence electrons. The van der Waals surface area contributed by atoms with Crippen LogP contribution in [0, 0.1) is 5.41 Å². The lowest BCUT2D eigenvalue weighted by Gasteiger charge is -2.17. The number of methoxy groups -OCH3 is 1. The topological polar surface area (TPSA) is 35.5 Å². The summed E-state index contributed by atoms with van der Waals surface area (Å²) in [6, 6.07) is 6.19. The summed E-state index contributed by atoms with van der Waals surface area (Å²) in [5.41, 5.74) is 3.24. The average molecular weight is 359 g/mol. The first-order valence-corrected chi connectivity index (χ1v) is 9.40. The Morgan fingerprint density at radius 1 is 1.36 bits per heavy atom. The third-order valence-corrected chi connectivity index (χ3v) is 5.36. The van der Waals surface area contributed by atoms with E-state index in [1.807, 2.05) is 30.8 Å². The molecule has 2 rings (SSSR count). The zero-order valence-electron chi connectivity index (χ0n) is 15.6. The highest BCUT2D eigenvalue weighted by atomic mass is 32.2. The monoisotopic (exact) mass is 358 g/mol. The van der Waals surface area contributed by atoms with Crippen LogP contribution in [-0.2, 0) is 9.53 Å². The van der Waals surface area contributed by atoms with Crippen LogP contribution in [0.1, 0.15) is 33.3 Å². The predicted molar refractivity (Wildman–Crippen MR) is 105 cm³/mol. The maximum atomic E-state index is 11.6. The lowest BCUT2D eigenvalue weighted by atomic mass is 9.90. The van der Waals surface area contributed by atoms with Crippen LogP contribution in [0.25, 0.3) is 5.57 Å². The standard InChI is InChI=1S/C21H26O3S/c1-6-24-20(22)11-15(2)7-8-16-13-21(3,4)14-25-19-10-9-17(23-5)12-18(16)19/h7-13H,6,14H2,1-5H3. The molecule has 0 saturated heterocycles. The molecule has 3 nitrogen and oxygen atoms in total. The van der Waals surface area contributed by atoms with Gasteiger partial charge in [-0.1, -0.05) is 32.1 Å². The number of thioether (sulfide) groups is 1. The summed E-state index contributed by atoms with van der Waals surface area (Å²) in [6.07, 6.45) is 7.83. The van der Waals surface area contributed by atoms with E-state index in [4.69, 9.17) is 9.47 Å². The molecule has 0 aromatic heterocycles. The van der Waals surface area contributed by atoms with Crippen LogP contribution in [0.4, 0.5) is 0 Å². The Labute approximate surface area is 154 Å². The molecule has 1 heterocycles. The Bertz CT molecular complexity index is 727. The number of hydrogen-bond acceptors (Lipinski definition) is 4. The van der Waals surface area contributed by atoms with E-state index in [2.05, 4.69) is 38.1 Å². The minimum Gasteiger partial charge on any atom is -0.497 e. The summed E-state index contributed by atoms with van der Waals surface area (Å²) in [5.74, 6) is 1.55. The summed E-state index contributed by atoms with van der Waals surface area (Å²) in [6.45, 7) is 8.56. The Morgan fingerprint density at radius 3 is 2.80 bits per heavy atom. The van der Waals surface area contributed by atoms with Gasteiger partial charge >= 0.3 is 5.97 Å². The molecule has 0 spiro atoms. The SMILES string of the molecule is CCOC(=O)C=C(C)C=CC1=CC(C)(C)CSc2ccc(OC)cc21. The van der Waals surface area contributed by atoms with Crippen LogP contribution < -0.4 is 4.74 Å². The summed E-state index contributed by atoms with van der Waals surface area (Å²) in [7, 11) is 1.68. The molecule has 1 aliphatic heterocycles. The van der Waals surface area contributed by atoms with E-state index < -0.39 is 0 Å². The fourth-order valence-electron chi connectivity index (χ4n) is 2.57. The van der Waals surface area contributed by atoms with Gasteiger partial charge in [0.15, 0.2) is 0 Å². The second-order valence-electron chi connectivity index (χ2n) is 6.71. The number of hydrogen-bond donors (Lipinski definition) is 0. The lowest BCUT2D eigenvalue weighted by molar-refractivity contribution is -0.137. The molecule has 0 amide bonds. The van der Waals surface area contributed by atoms with Gasteiger partial charge in [-0.15, -0.1) is 11.8 Å². The van der Waals surface area contributed by atoms with E-state index in [0.717, 1.165) is 28.2 Å². The van der Waals surface area contributed by atoms with Gasteiger partial charge < -0.3 is 9.47 Å². The van der Waals surface area contributed by atoms with Crippen molar-refractivity contribution in [3.05, 3.63) is 53.6 Å². The lowest BCUT2D eigenvalue weighted by Crippen LogP contribution is -2.09. The van der Waals surface area contributed by atoms with Gasteiger partial charge in [-0.3, -0.25) is 0 Å². The van der Waals surface area contributed by atoms with Gasteiger partial charge in [-0.05, 0) is 54.2 Å². The third kappa shape index (κ3) is 5.53. The van der Waals surface area contributed by atoms with Crippen molar-refractivity contribution in [2.75, 3.05) is 19.5 Å². The van der Waals surface area contributed by atoms with Crippen molar-refractivity contribution in [2.45, 2.75) is 32.6 Å². The van der Waals surface area contributed by atoms with Gasteiger partial charge in [0, 0.05) is 16.7 Å². The molecule has 0 saturated carbocycles. The Balaban J connectivity index is 2.38.